The largest absolute Gasteiger partial charge is 0.495 e. The number of carbonyl (C=O) groups excluding carboxylic acids is 1. The van der Waals surface area contributed by atoms with Gasteiger partial charge < -0.3 is 14.5 Å². The number of nitrogens with zero attached hydrogens (tertiary/aromatic N) is 2. The van der Waals surface area contributed by atoms with E-state index in [4.69, 9.17) is 4.74 Å². The first-order chi connectivity index (χ1) is 14.5. The lowest BCUT2D eigenvalue weighted by Gasteiger charge is -2.28. The van der Waals surface area contributed by atoms with E-state index in [1.54, 1.807) is 12.1 Å². The third-order valence-corrected chi connectivity index (χ3v) is 8.22. The molecule has 1 amide bonds. The molecule has 4 rings (SSSR count). The van der Waals surface area contributed by atoms with Crippen LogP contribution in [0.2, 0.25) is 0 Å². The first kappa shape index (κ1) is 21.6. The summed E-state index contributed by atoms with van der Waals surface area (Å²) in [5.74, 6) is 0.184. The first-order valence-corrected chi connectivity index (χ1v) is 12.7. The van der Waals surface area contributed by atoms with Crippen LogP contribution in [-0.2, 0) is 10.0 Å². The second kappa shape index (κ2) is 9.24. The molecule has 2 saturated heterocycles. The van der Waals surface area contributed by atoms with Gasteiger partial charge in [-0.2, -0.15) is 0 Å². The van der Waals surface area contributed by atoms with E-state index < -0.39 is 10.0 Å². The number of sulfonamides is 1. The predicted molar refractivity (Wildman–Crippen MR) is 115 cm³/mol. The lowest BCUT2D eigenvalue weighted by Crippen LogP contribution is -2.42. The number of carbonyl (C=O) groups is 1. The molecule has 3 aliphatic rings. The van der Waals surface area contributed by atoms with Crippen LogP contribution in [0.25, 0.3) is 0 Å². The van der Waals surface area contributed by atoms with E-state index in [1.165, 1.54) is 26.0 Å². The highest BCUT2D eigenvalue weighted by Crippen LogP contribution is 2.29. The standard InChI is InChI=1S/C22H33N3O4S/c1-29-20-11-10-17(15-21(20)30(27,28)23-18-7-2-3-8-18)22(26)25-14-6-9-19(25)16-24-12-4-5-13-24/h10-11,15,18-19,23H,2-9,12-14,16H2,1H3. The second-order valence-corrected chi connectivity index (χ2v) is 10.5. The minimum Gasteiger partial charge on any atom is -0.495 e. The van der Waals surface area contributed by atoms with Crippen molar-refractivity contribution in [1.29, 1.82) is 0 Å². The summed E-state index contributed by atoms with van der Waals surface area (Å²) in [6.45, 7) is 3.86. The fraction of sp³-hybridized carbons (Fsp3) is 0.682. The third kappa shape index (κ3) is 4.65. The Labute approximate surface area is 179 Å². The van der Waals surface area contributed by atoms with Crippen molar-refractivity contribution >= 4 is 15.9 Å². The van der Waals surface area contributed by atoms with Gasteiger partial charge in [-0.3, -0.25) is 4.79 Å². The van der Waals surface area contributed by atoms with Crippen LogP contribution in [0.5, 0.6) is 5.75 Å². The van der Waals surface area contributed by atoms with Gasteiger partial charge in [-0.15, -0.1) is 0 Å². The number of hydrogen-bond acceptors (Lipinski definition) is 5. The summed E-state index contributed by atoms with van der Waals surface area (Å²) in [4.78, 5) is 17.7. The second-order valence-electron chi connectivity index (χ2n) is 8.77. The SMILES string of the molecule is COc1ccc(C(=O)N2CCCC2CN2CCCC2)cc1S(=O)(=O)NC1CCCC1. The maximum absolute atomic E-state index is 13.3. The average Bonchev–Trinajstić information content (AvgIpc) is 3.50. The summed E-state index contributed by atoms with van der Waals surface area (Å²) in [6, 6.07) is 4.93. The zero-order chi connectivity index (χ0) is 21.1. The van der Waals surface area contributed by atoms with E-state index in [1.807, 2.05) is 4.90 Å². The number of methoxy groups -OCH3 is 1. The normalized spacial score (nSPS) is 23.4. The van der Waals surface area contributed by atoms with Gasteiger partial charge in [-0.25, -0.2) is 13.1 Å². The number of nitrogens with one attached hydrogen (secondary N) is 1. The van der Waals surface area contributed by atoms with Gasteiger partial charge in [0.05, 0.1) is 7.11 Å². The van der Waals surface area contributed by atoms with Crippen LogP contribution < -0.4 is 9.46 Å². The van der Waals surface area contributed by atoms with Crippen molar-refractivity contribution in [2.24, 2.45) is 0 Å². The van der Waals surface area contributed by atoms with E-state index >= 15 is 0 Å². The van der Waals surface area contributed by atoms with Crippen molar-refractivity contribution in [3.05, 3.63) is 23.8 Å². The van der Waals surface area contributed by atoms with Crippen LogP contribution in [0.1, 0.15) is 61.7 Å². The Balaban J connectivity index is 1.54. The van der Waals surface area contributed by atoms with Crippen LogP contribution in [0.3, 0.4) is 0 Å². The number of amides is 1. The van der Waals surface area contributed by atoms with Crippen LogP contribution in [-0.4, -0.2) is 69.5 Å². The molecule has 1 saturated carbocycles. The first-order valence-electron chi connectivity index (χ1n) is 11.2. The van der Waals surface area contributed by atoms with Crippen molar-refractivity contribution in [3.63, 3.8) is 0 Å². The van der Waals surface area contributed by atoms with Gasteiger partial charge >= 0.3 is 0 Å². The summed E-state index contributed by atoms with van der Waals surface area (Å²) < 4.78 is 34.2. The van der Waals surface area contributed by atoms with Gasteiger partial charge in [0.15, 0.2) is 0 Å². The van der Waals surface area contributed by atoms with Crippen LogP contribution in [0, 0.1) is 0 Å². The molecule has 1 unspecified atom stereocenters. The molecular weight excluding hydrogens is 402 g/mol. The summed E-state index contributed by atoms with van der Waals surface area (Å²) >= 11 is 0. The molecule has 166 valence electrons. The lowest BCUT2D eigenvalue weighted by molar-refractivity contribution is 0.0708. The Kier molecular flexibility index (Phi) is 6.65. The Hall–Kier alpha value is -1.64. The van der Waals surface area contributed by atoms with Gasteiger partial charge in [-0.1, -0.05) is 12.8 Å². The molecule has 0 aromatic heterocycles. The highest BCUT2D eigenvalue weighted by Gasteiger charge is 2.33. The van der Waals surface area contributed by atoms with E-state index in [0.29, 0.717) is 5.56 Å². The predicted octanol–water partition coefficient (Wildman–Crippen LogP) is 2.62. The van der Waals surface area contributed by atoms with Crippen LogP contribution >= 0.6 is 0 Å². The van der Waals surface area contributed by atoms with Crippen LogP contribution in [0.4, 0.5) is 0 Å². The molecule has 0 radical (unpaired) electrons. The molecule has 2 aliphatic heterocycles. The van der Waals surface area contributed by atoms with Crippen molar-refractivity contribution in [3.8, 4) is 5.75 Å². The van der Waals surface area contributed by atoms with E-state index in [0.717, 1.165) is 64.7 Å². The number of likely N-dealkylation sites (tertiary alicyclic amines) is 2. The molecule has 1 aromatic carbocycles. The van der Waals surface area contributed by atoms with Gasteiger partial charge in [0.2, 0.25) is 10.0 Å². The fourth-order valence-electron chi connectivity index (χ4n) is 5.07. The van der Waals surface area contributed by atoms with E-state index in [2.05, 4.69) is 9.62 Å². The van der Waals surface area contributed by atoms with Crippen molar-refractivity contribution in [1.82, 2.24) is 14.5 Å². The maximum Gasteiger partial charge on any atom is 0.254 e. The van der Waals surface area contributed by atoms with Crippen molar-refractivity contribution in [2.75, 3.05) is 33.3 Å². The number of hydrogen-bond donors (Lipinski definition) is 1. The molecule has 1 atom stereocenters. The van der Waals surface area contributed by atoms with Gasteiger partial charge in [0, 0.05) is 30.7 Å². The van der Waals surface area contributed by atoms with Gasteiger partial charge in [-0.05, 0) is 69.8 Å². The smallest absolute Gasteiger partial charge is 0.254 e. The molecular formula is C22H33N3O4S. The zero-order valence-corrected chi connectivity index (χ0v) is 18.6. The Morgan fingerprint density at radius 1 is 1.07 bits per heavy atom. The maximum atomic E-state index is 13.3. The van der Waals surface area contributed by atoms with E-state index in [-0.39, 0.29) is 28.6 Å². The lowest BCUT2D eigenvalue weighted by atomic mass is 10.1. The molecule has 3 fully saturated rings. The highest BCUT2D eigenvalue weighted by molar-refractivity contribution is 7.89. The zero-order valence-electron chi connectivity index (χ0n) is 17.8. The van der Waals surface area contributed by atoms with Crippen LogP contribution in [0.15, 0.2) is 23.1 Å². The minimum atomic E-state index is -3.75. The van der Waals surface area contributed by atoms with Gasteiger partial charge in [0.25, 0.3) is 5.91 Å². The fourth-order valence-corrected chi connectivity index (χ4v) is 6.57. The molecule has 1 N–H and O–H groups in total. The summed E-state index contributed by atoms with van der Waals surface area (Å²) in [5.41, 5.74) is 0.413. The average molecular weight is 436 g/mol. The quantitative estimate of drug-likeness (QED) is 0.712. The Morgan fingerprint density at radius 2 is 1.80 bits per heavy atom. The summed E-state index contributed by atoms with van der Waals surface area (Å²) in [6.07, 6.45) is 8.25. The minimum absolute atomic E-state index is 0.0394. The summed E-state index contributed by atoms with van der Waals surface area (Å²) in [7, 11) is -2.30. The van der Waals surface area contributed by atoms with E-state index in [9.17, 15) is 13.2 Å². The monoisotopic (exact) mass is 435 g/mol. The molecule has 2 heterocycles. The number of ether oxygens (including phenoxy) is 1. The molecule has 0 spiro atoms. The number of benzene rings is 1. The Bertz CT molecular complexity index is 861. The molecule has 30 heavy (non-hydrogen) atoms. The number of rotatable bonds is 7. The molecule has 1 aliphatic carbocycles. The van der Waals surface area contributed by atoms with Crippen molar-refractivity contribution < 1.29 is 17.9 Å². The highest BCUT2D eigenvalue weighted by atomic mass is 32.2. The molecule has 7 nitrogen and oxygen atoms in total. The Morgan fingerprint density at radius 3 is 2.50 bits per heavy atom. The topological polar surface area (TPSA) is 79.0 Å². The molecule has 8 heteroatoms. The van der Waals surface area contributed by atoms with Crippen molar-refractivity contribution in [2.45, 2.75) is 68.3 Å². The molecule has 0 bridgehead atoms. The third-order valence-electron chi connectivity index (χ3n) is 6.68. The molecule has 1 aromatic rings. The summed E-state index contributed by atoms with van der Waals surface area (Å²) in [5, 5.41) is 0. The van der Waals surface area contributed by atoms with Gasteiger partial charge in [0.1, 0.15) is 10.6 Å².